The van der Waals surface area contributed by atoms with E-state index in [-0.39, 0.29) is 36.5 Å². The van der Waals surface area contributed by atoms with E-state index >= 15 is 0 Å². The SMILES string of the molecule is Cc1ccc(-n2nc(-c3ccccc3)c3c2N(CC(=O)NCc2ccccn2)C(=O)CS[C@H]3c2cccc(F)c2)cc1. The van der Waals surface area contributed by atoms with Crippen LogP contribution >= 0.6 is 11.8 Å². The minimum Gasteiger partial charge on any atom is -0.349 e. The van der Waals surface area contributed by atoms with E-state index in [0.717, 1.165) is 27.9 Å². The standard InChI is InChI=1S/C33H28FN5O2S/c1-22-13-15-27(16-14-22)39-33-30(31(37-39)23-8-3-2-4-9-23)32(24-10-7-11-25(34)18-24)42-21-29(41)38(33)20-28(40)36-19-26-12-5-6-17-35-26/h2-18,32H,19-21H2,1H3,(H,36,40)/t32-/m0/s1. The maximum atomic E-state index is 14.5. The number of aryl methyl sites for hydroxylation is 1. The van der Waals surface area contributed by atoms with Crippen LogP contribution in [0.2, 0.25) is 0 Å². The second-order valence-electron chi connectivity index (χ2n) is 10.0. The van der Waals surface area contributed by atoms with E-state index in [0.29, 0.717) is 17.2 Å². The van der Waals surface area contributed by atoms with Gasteiger partial charge in [-0.15, -0.1) is 11.8 Å². The summed E-state index contributed by atoms with van der Waals surface area (Å²) in [6.45, 7) is 2.03. The highest BCUT2D eigenvalue weighted by Crippen LogP contribution is 2.48. The Bertz CT molecular complexity index is 1730. The average molecular weight is 578 g/mol. The molecule has 3 heterocycles. The van der Waals surface area contributed by atoms with Gasteiger partial charge in [0.05, 0.1) is 34.6 Å². The van der Waals surface area contributed by atoms with Crippen LogP contribution in [0.15, 0.2) is 103 Å². The summed E-state index contributed by atoms with van der Waals surface area (Å²) in [5.74, 6) is -0.322. The zero-order chi connectivity index (χ0) is 29.1. The number of nitrogens with zero attached hydrogens (tertiary/aromatic N) is 4. The number of hydrogen-bond donors (Lipinski definition) is 1. The number of amides is 2. The molecule has 9 heteroatoms. The van der Waals surface area contributed by atoms with E-state index in [1.807, 2.05) is 85.8 Å². The summed E-state index contributed by atoms with van der Waals surface area (Å²) in [5, 5.41) is 7.55. The first kappa shape index (κ1) is 27.4. The molecule has 0 spiro atoms. The van der Waals surface area contributed by atoms with Gasteiger partial charge in [0.15, 0.2) is 0 Å². The molecule has 0 radical (unpaired) electrons. The summed E-state index contributed by atoms with van der Waals surface area (Å²) in [5.41, 5.74) is 5.53. The number of carbonyl (C=O) groups is 2. The molecule has 0 unspecified atom stereocenters. The van der Waals surface area contributed by atoms with E-state index in [9.17, 15) is 14.0 Å². The Morgan fingerprint density at radius 3 is 2.52 bits per heavy atom. The van der Waals surface area contributed by atoms with Gasteiger partial charge in [-0.05, 0) is 48.9 Å². The number of halogens is 1. The summed E-state index contributed by atoms with van der Waals surface area (Å²) < 4.78 is 16.3. The molecular weight excluding hydrogens is 549 g/mol. The molecule has 1 N–H and O–H groups in total. The van der Waals surface area contributed by atoms with Crippen LogP contribution < -0.4 is 10.2 Å². The Morgan fingerprint density at radius 2 is 1.79 bits per heavy atom. The predicted octanol–water partition coefficient (Wildman–Crippen LogP) is 5.87. The highest BCUT2D eigenvalue weighted by molar-refractivity contribution is 8.00. The fourth-order valence-electron chi connectivity index (χ4n) is 5.02. The second kappa shape index (κ2) is 12.0. The molecule has 2 amide bonds. The molecule has 7 nitrogen and oxygen atoms in total. The molecule has 0 saturated carbocycles. The predicted molar refractivity (Wildman–Crippen MR) is 163 cm³/mol. The number of benzene rings is 3. The van der Waals surface area contributed by atoms with Crippen molar-refractivity contribution >= 4 is 29.4 Å². The highest BCUT2D eigenvalue weighted by atomic mass is 32.2. The van der Waals surface area contributed by atoms with Gasteiger partial charge in [-0.1, -0.05) is 66.2 Å². The zero-order valence-electron chi connectivity index (χ0n) is 22.9. The number of rotatable bonds is 7. The smallest absolute Gasteiger partial charge is 0.240 e. The number of fused-ring (bicyclic) bond motifs is 1. The van der Waals surface area contributed by atoms with E-state index < -0.39 is 5.25 Å². The average Bonchev–Trinajstić information content (AvgIpc) is 3.33. The summed E-state index contributed by atoms with van der Waals surface area (Å²) in [4.78, 5) is 32.9. The molecule has 6 rings (SSSR count). The normalized spacial score (nSPS) is 14.8. The number of carbonyl (C=O) groups excluding carboxylic acids is 2. The van der Waals surface area contributed by atoms with Gasteiger partial charge in [0.2, 0.25) is 11.8 Å². The first-order valence-electron chi connectivity index (χ1n) is 13.6. The molecule has 0 aliphatic carbocycles. The minimum atomic E-state index is -0.407. The molecule has 210 valence electrons. The molecule has 0 bridgehead atoms. The van der Waals surface area contributed by atoms with Gasteiger partial charge in [0.1, 0.15) is 18.2 Å². The number of pyridine rings is 1. The van der Waals surface area contributed by atoms with Gasteiger partial charge < -0.3 is 5.32 Å². The van der Waals surface area contributed by atoms with Crippen LogP contribution in [0.1, 0.15) is 27.6 Å². The lowest BCUT2D eigenvalue weighted by Crippen LogP contribution is -2.42. The summed E-state index contributed by atoms with van der Waals surface area (Å²) in [7, 11) is 0. The first-order chi connectivity index (χ1) is 20.5. The van der Waals surface area contributed by atoms with E-state index in [1.54, 1.807) is 16.9 Å². The monoisotopic (exact) mass is 577 g/mol. The third-order valence-electron chi connectivity index (χ3n) is 7.06. The molecule has 0 fully saturated rings. The lowest BCUT2D eigenvalue weighted by Gasteiger charge is -2.23. The molecule has 0 saturated heterocycles. The minimum absolute atomic E-state index is 0.103. The van der Waals surface area contributed by atoms with Crippen molar-refractivity contribution in [2.45, 2.75) is 18.7 Å². The summed E-state index contributed by atoms with van der Waals surface area (Å²) in [6.07, 6.45) is 1.67. The first-order valence-corrected chi connectivity index (χ1v) is 14.6. The van der Waals surface area contributed by atoms with Crippen LogP contribution in [-0.2, 0) is 16.1 Å². The van der Waals surface area contributed by atoms with Crippen LogP contribution in [0.5, 0.6) is 0 Å². The van der Waals surface area contributed by atoms with Gasteiger partial charge in [0, 0.05) is 17.3 Å². The van der Waals surface area contributed by atoms with Gasteiger partial charge in [-0.2, -0.15) is 5.10 Å². The largest absolute Gasteiger partial charge is 0.349 e. The Labute approximate surface area is 247 Å². The lowest BCUT2D eigenvalue weighted by molar-refractivity contribution is -0.123. The van der Waals surface area contributed by atoms with Crippen LogP contribution in [0.3, 0.4) is 0 Å². The zero-order valence-corrected chi connectivity index (χ0v) is 23.7. The topological polar surface area (TPSA) is 80.1 Å². The van der Waals surface area contributed by atoms with Gasteiger partial charge >= 0.3 is 0 Å². The lowest BCUT2D eigenvalue weighted by atomic mass is 9.99. The van der Waals surface area contributed by atoms with Crippen molar-refractivity contribution in [3.8, 4) is 16.9 Å². The molecule has 1 atom stereocenters. The van der Waals surface area contributed by atoms with Gasteiger partial charge in [0.25, 0.3) is 0 Å². The molecule has 5 aromatic rings. The second-order valence-corrected chi connectivity index (χ2v) is 11.1. The van der Waals surface area contributed by atoms with Gasteiger partial charge in [-0.3, -0.25) is 19.5 Å². The van der Waals surface area contributed by atoms with E-state index in [1.165, 1.54) is 28.8 Å². The van der Waals surface area contributed by atoms with Crippen molar-refractivity contribution in [1.29, 1.82) is 0 Å². The quantitative estimate of drug-likeness (QED) is 0.262. The van der Waals surface area contributed by atoms with Crippen LogP contribution in [0.4, 0.5) is 10.2 Å². The third kappa shape index (κ3) is 5.69. The molecule has 2 aromatic heterocycles. The molecular formula is C33H28FN5O2S. The fraction of sp³-hybridized carbons (Fsp3) is 0.152. The van der Waals surface area contributed by atoms with E-state index in [2.05, 4.69) is 10.3 Å². The summed E-state index contributed by atoms with van der Waals surface area (Å²) >= 11 is 1.40. The molecule has 1 aliphatic rings. The number of thioether (sulfide) groups is 1. The molecule has 1 aliphatic heterocycles. The Balaban J connectivity index is 1.52. The Hall–Kier alpha value is -4.76. The Morgan fingerprint density at radius 1 is 1.00 bits per heavy atom. The van der Waals surface area contributed by atoms with Crippen molar-refractivity contribution in [2.75, 3.05) is 17.2 Å². The molecule has 42 heavy (non-hydrogen) atoms. The van der Waals surface area contributed by atoms with Crippen LogP contribution in [0, 0.1) is 12.7 Å². The van der Waals surface area contributed by atoms with E-state index in [4.69, 9.17) is 5.10 Å². The summed E-state index contributed by atoms with van der Waals surface area (Å²) in [6, 6.07) is 29.5. The maximum Gasteiger partial charge on any atom is 0.240 e. The number of aromatic nitrogens is 3. The van der Waals surface area contributed by atoms with Crippen molar-refractivity contribution in [3.05, 3.63) is 131 Å². The fourth-order valence-corrected chi connectivity index (χ4v) is 6.21. The van der Waals surface area contributed by atoms with Crippen molar-refractivity contribution < 1.29 is 14.0 Å². The number of anilines is 1. The van der Waals surface area contributed by atoms with Gasteiger partial charge in [-0.25, -0.2) is 9.07 Å². The van der Waals surface area contributed by atoms with Crippen molar-refractivity contribution in [1.82, 2.24) is 20.1 Å². The number of nitrogens with one attached hydrogen (secondary N) is 1. The van der Waals surface area contributed by atoms with Crippen LogP contribution in [0.25, 0.3) is 16.9 Å². The Kier molecular flexibility index (Phi) is 7.83. The number of hydrogen-bond acceptors (Lipinski definition) is 5. The highest BCUT2D eigenvalue weighted by Gasteiger charge is 2.37. The maximum absolute atomic E-state index is 14.5. The van der Waals surface area contributed by atoms with Crippen LogP contribution in [-0.4, -0.2) is 38.9 Å². The van der Waals surface area contributed by atoms with Crippen molar-refractivity contribution in [2.24, 2.45) is 0 Å². The molecule has 3 aromatic carbocycles. The van der Waals surface area contributed by atoms with Crippen molar-refractivity contribution in [3.63, 3.8) is 0 Å². The third-order valence-corrected chi connectivity index (χ3v) is 8.32.